The number of aryl methyl sites for hydroxylation is 2. The molecule has 4 aromatic rings. The van der Waals surface area contributed by atoms with Crippen LogP contribution in [0.15, 0.2) is 82.1 Å². The van der Waals surface area contributed by atoms with Crippen LogP contribution in [-0.4, -0.2) is 25.1 Å². The van der Waals surface area contributed by atoms with Gasteiger partial charge in [-0.05, 0) is 43.2 Å². The van der Waals surface area contributed by atoms with Gasteiger partial charge in [-0.2, -0.15) is 12.8 Å². The molecule has 0 aliphatic carbocycles. The third kappa shape index (κ3) is 3.94. The average Bonchev–Trinajstić information content (AvgIpc) is 3.07. The Morgan fingerprint density at radius 1 is 0.903 bits per heavy atom. The largest absolute Gasteiger partial charge is 0.282 e. The molecule has 0 aliphatic heterocycles. The Morgan fingerprint density at radius 2 is 1.55 bits per heavy atom. The Kier molecular flexibility index (Phi) is 5.33. The minimum Gasteiger partial charge on any atom is -0.279 e. The van der Waals surface area contributed by atoms with E-state index in [-0.39, 0.29) is 10.8 Å². The van der Waals surface area contributed by atoms with Gasteiger partial charge in [0, 0.05) is 17.9 Å². The standard InChI is InChI=1S/C25H22N2O3S/c1-17-9-12-21(13-10-17)31(29,30)26-16-23-22-14-11-18(2)15-24(22)27(19(3)28)25(23)20-7-5-4-6-8-20/h4-16H,1-3H3/b26-16+. The molecule has 0 radical (unpaired) electrons. The molecule has 0 bridgehead atoms. The molecule has 0 aliphatic rings. The fraction of sp³-hybridized carbons (Fsp3) is 0.120. The number of hydrogen-bond acceptors (Lipinski definition) is 3. The third-order valence-electron chi connectivity index (χ3n) is 5.16. The normalized spacial score (nSPS) is 12.0. The van der Waals surface area contributed by atoms with Crippen LogP contribution in [0.3, 0.4) is 0 Å². The van der Waals surface area contributed by atoms with Gasteiger partial charge in [0.15, 0.2) is 0 Å². The van der Waals surface area contributed by atoms with Gasteiger partial charge >= 0.3 is 0 Å². The van der Waals surface area contributed by atoms with E-state index in [1.54, 1.807) is 28.8 Å². The maximum atomic E-state index is 12.8. The Morgan fingerprint density at radius 3 is 2.19 bits per heavy atom. The van der Waals surface area contributed by atoms with Crippen LogP contribution >= 0.6 is 0 Å². The van der Waals surface area contributed by atoms with Gasteiger partial charge in [0.25, 0.3) is 10.0 Å². The van der Waals surface area contributed by atoms with Gasteiger partial charge in [-0.15, -0.1) is 0 Å². The highest BCUT2D eigenvalue weighted by atomic mass is 32.2. The maximum absolute atomic E-state index is 12.8. The average molecular weight is 431 g/mol. The van der Waals surface area contributed by atoms with Crippen molar-refractivity contribution < 1.29 is 13.2 Å². The van der Waals surface area contributed by atoms with Crippen molar-refractivity contribution in [2.75, 3.05) is 0 Å². The first-order valence-corrected chi connectivity index (χ1v) is 11.3. The lowest BCUT2D eigenvalue weighted by atomic mass is 10.1. The Bertz CT molecular complexity index is 1420. The van der Waals surface area contributed by atoms with Crippen LogP contribution in [0.2, 0.25) is 0 Å². The van der Waals surface area contributed by atoms with Gasteiger partial charge in [0.1, 0.15) is 0 Å². The molecule has 0 saturated heterocycles. The Balaban J connectivity index is 1.98. The molecule has 0 atom stereocenters. The fourth-order valence-electron chi connectivity index (χ4n) is 3.65. The van der Waals surface area contributed by atoms with Gasteiger partial charge in [-0.3, -0.25) is 9.36 Å². The van der Waals surface area contributed by atoms with Crippen molar-refractivity contribution in [1.29, 1.82) is 0 Å². The number of nitrogens with zero attached hydrogens (tertiary/aromatic N) is 2. The number of benzene rings is 3. The van der Waals surface area contributed by atoms with Crippen LogP contribution < -0.4 is 0 Å². The second-order valence-electron chi connectivity index (χ2n) is 7.53. The maximum Gasteiger partial charge on any atom is 0.282 e. The predicted molar refractivity (Wildman–Crippen MR) is 124 cm³/mol. The van der Waals surface area contributed by atoms with Gasteiger partial charge in [0.2, 0.25) is 5.91 Å². The summed E-state index contributed by atoms with van der Waals surface area (Å²) in [4.78, 5) is 12.8. The lowest BCUT2D eigenvalue weighted by molar-refractivity contribution is 0.0943. The molecular formula is C25H22N2O3S. The third-order valence-corrected chi connectivity index (χ3v) is 6.42. The zero-order valence-electron chi connectivity index (χ0n) is 17.5. The van der Waals surface area contributed by atoms with Crippen molar-refractivity contribution in [3.63, 3.8) is 0 Å². The minimum atomic E-state index is -3.89. The van der Waals surface area contributed by atoms with Crippen molar-refractivity contribution in [1.82, 2.24) is 4.57 Å². The van der Waals surface area contributed by atoms with E-state index in [0.717, 1.165) is 27.6 Å². The zero-order valence-corrected chi connectivity index (χ0v) is 18.3. The zero-order chi connectivity index (χ0) is 22.2. The van der Waals surface area contributed by atoms with E-state index >= 15 is 0 Å². The minimum absolute atomic E-state index is 0.127. The van der Waals surface area contributed by atoms with Crippen molar-refractivity contribution in [3.05, 3.63) is 89.5 Å². The van der Waals surface area contributed by atoms with Crippen LogP contribution in [0, 0.1) is 13.8 Å². The van der Waals surface area contributed by atoms with Crippen molar-refractivity contribution in [2.45, 2.75) is 25.7 Å². The second kappa shape index (κ2) is 7.96. The van der Waals surface area contributed by atoms with Crippen LogP contribution in [0.1, 0.15) is 28.4 Å². The van der Waals surface area contributed by atoms with Crippen LogP contribution in [0.5, 0.6) is 0 Å². The molecule has 3 aromatic carbocycles. The van der Waals surface area contributed by atoms with Crippen LogP contribution in [0.4, 0.5) is 0 Å². The molecular weight excluding hydrogens is 408 g/mol. The summed E-state index contributed by atoms with van der Waals surface area (Å²) in [5.41, 5.74) is 4.71. The molecule has 1 aromatic heterocycles. The quantitative estimate of drug-likeness (QED) is 0.408. The van der Waals surface area contributed by atoms with Crippen molar-refractivity contribution in [2.24, 2.45) is 4.40 Å². The van der Waals surface area contributed by atoms with E-state index in [2.05, 4.69) is 4.40 Å². The molecule has 0 N–H and O–H groups in total. The van der Waals surface area contributed by atoms with Gasteiger partial charge in [0.05, 0.1) is 22.3 Å². The van der Waals surface area contributed by atoms with Gasteiger partial charge in [-0.1, -0.05) is 60.2 Å². The fourth-order valence-corrected chi connectivity index (χ4v) is 4.50. The van der Waals surface area contributed by atoms with Gasteiger partial charge < -0.3 is 0 Å². The summed E-state index contributed by atoms with van der Waals surface area (Å²) in [6.45, 7) is 5.34. The molecule has 0 amide bonds. The first-order chi connectivity index (χ1) is 14.8. The number of fused-ring (bicyclic) bond motifs is 1. The molecule has 0 unspecified atom stereocenters. The summed E-state index contributed by atoms with van der Waals surface area (Å²) >= 11 is 0. The SMILES string of the molecule is CC(=O)n1c(-c2ccccc2)c(/C=N/S(=O)(=O)c2ccc(C)cc2)c2ccc(C)cc21. The predicted octanol–water partition coefficient (Wildman–Crippen LogP) is 5.39. The topological polar surface area (TPSA) is 68.5 Å². The summed E-state index contributed by atoms with van der Waals surface area (Å²) in [5, 5.41) is 0.766. The second-order valence-corrected chi connectivity index (χ2v) is 9.16. The highest BCUT2D eigenvalue weighted by Crippen LogP contribution is 2.33. The summed E-state index contributed by atoms with van der Waals surface area (Å²) in [6.07, 6.45) is 1.36. The molecule has 0 saturated carbocycles. The van der Waals surface area contributed by atoms with E-state index in [1.807, 2.05) is 62.4 Å². The Labute approximate surface area is 181 Å². The number of sulfonamides is 1. The molecule has 0 fully saturated rings. The van der Waals surface area contributed by atoms with E-state index in [4.69, 9.17) is 0 Å². The summed E-state index contributed by atoms with van der Waals surface area (Å²) < 4.78 is 31.3. The van der Waals surface area contributed by atoms with E-state index in [0.29, 0.717) is 11.3 Å². The molecule has 156 valence electrons. The molecule has 31 heavy (non-hydrogen) atoms. The monoisotopic (exact) mass is 430 g/mol. The summed E-state index contributed by atoms with van der Waals surface area (Å²) in [7, 11) is -3.89. The molecule has 5 nitrogen and oxygen atoms in total. The number of carbonyl (C=O) groups is 1. The van der Waals surface area contributed by atoms with Crippen molar-refractivity contribution >= 4 is 33.0 Å². The molecule has 4 rings (SSSR count). The first kappa shape index (κ1) is 20.8. The van der Waals surface area contributed by atoms with Gasteiger partial charge in [-0.25, -0.2) is 0 Å². The van der Waals surface area contributed by atoms with Crippen LogP contribution in [0.25, 0.3) is 22.2 Å². The smallest absolute Gasteiger partial charge is 0.279 e. The number of hydrogen-bond donors (Lipinski definition) is 0. The highest BCUT2D eigenvalue weighted by molar-refractivity contribution is 7.90. The number of carbonyl (C=O) groups excluding carboxylic acids is 1. The van der Waals surface area contributed by atoms with Crippen molar-refractivity contribution in [3.8, 4) is 11.3 Å². The first-order valence-electron chi connectivity index (χ1n) is 9.86. The lowest BCUT2D eigenvalue weighted by Gasteiger charge is -2.08. The summed E-state index contributed by atoms with van der Waals surface area (Å²) in [5.74, 6) is -0.157. The van der Waals surface area contributed by atoms with Crippen LogP contribution in [-0.2, 0) is 10.0 Å². The van der Waals surface area contributed by atoms with E-state index in [9.17, 15) is 13.2 Å². The van der Waals surface area contributed by atoms with E-state index < -0.39 is 10.0 Å². The summed E-state index contributed by atoms with van der Waals surface area (Å²) in [6, 6.07) is 21.8. The Hall–Kier alpha value is -3.51. The number of aromatic nitrogens is 1. The highest BCUT2D eigenvalue weighted by Gasteiger charge is 2.21. The number of rotatable bonds is 4. The molecule has 1 heterocycles. The lowest BCUT2D eigenvalue weighted by Crippen LogP contribution is -2.08. The molecule has 0 spiro atoms. The van der Waals surface area contributed by atoms with E-state index in [1.165, 1.54) is 13.1 Å². The molecule has 6 heteroatoms.